The summed E-state index contributed by atoms with van der Waals surface area (Å²) in [5.74, 6) is 0. The minimum atomic E-state index is 0.975. The molecule has 0 aliphatic carbocycles. The number of rotatable bonds is 10. The third-order valence-electron chi connectivity index (χ3n) is 8.51. The number of para-hydroxylation sites is 4. The highest BCUT2D eigenvalue weighted by Gasteiger charge is 2.18. The zero-order valence-electron chi connectivity index (χ0n) is 27.6. The molecule has 47 heavy (non-hydrogen) atoms. The summed E-state index contributed by atoms with van der Waals surface area (Å²) < 4.78 is 0. The van der Waals surface area contributed by atoms with Crippen LogP contribution in [0.3, 0.4) is 0 Å². The van der Waals surface area contributed by atoms with Crippen LogP contribution in [0.15, 0.2) is 151 Å². The molecule has 0 aliphatic rings. The summed E-state index contributed by atoms with van der Waals surface area (Å²) in [5, 5.41) is 6.85. The Balaban J connectivity index is 1.25. The van der Waals surface area contributed by atoms with E-state index in [1.165, 1.54) is 39.1 Å². The molecule has 6 rings (SSSR count). The Morgan fingerprint density at radius 3 is 1.62 bits per heavy atom. The number of nitrogens with zero attached hydrogens (tertiary/aromatic N) is 3. The van der Waals surface area contributed by atoms with Crippen molar-refractivity contribution >= 4 is 46.8 Å². The van der Waals surface area contributed by atoms with Gasteiger partial charge in [-0.15, -0.1) is 0 Å². The van der Waals surface area contributed by atoms with Gasteiger partial charge in [-0.1, -0.05) is 110 Å². The van der Waals surface area contributed by atoms with Gasteiger partial charge >= 0.3 is 0 Å². The fraction of sp³-hybridized carbons (Fsp3) is 0.114. The zero-order valence-corrected chi connectivity index (χ0v) is 27.6. The summed E-state index contributed by atoms with van der Waals surface area (Å²) in [6.45, 7) is 8.79. The van der Waals surface area contributed by atoms with Gasteiger partial charge in [-0.05, 0) is 121 Å². The number of hydrogen-bond acceptors (Lipinski definition) is 3. The van der Waals surface area contributed by atoms with Gasteiger partial charge in [0.05, 0.1) is 23.3 Å². The number of hydrogen-bond donors (Lipinski definition) is 0. The minimum absolute atomic E-state index is 0.975. The molecule has 0 spiro atoms. The molecule has 3 heteroatoms. The van der Waals surface area contributed by atoms with Crippen molar-refractivity contribution in [2.75, 3.05) is 9.91 Å². The molecule has 0 N–H and O–H groups in total. The van der Waals surface area contributed by atoms with Crippen molar-refractivity contribution in [1.82, 2.24) is 0 Å². The lowest BCUT2D eigenvalue weighted by Gasteiger charge is -2.29. The second kappa shape index (κ2) is 14.6. The molecule has 0 bridgehead atoms. The first-order valence-electron chi connectivity index (χ1n) is 16.3. The normalized spacial score (nSPS) is 11.3. The molecule has 3 nitrogen and oxygen atoms in total. The molecule has 0 aromatic heterocycles. The molecule has 0 aliphatic heterocycles. The topological polar surface area (TPSA) is 18.8 Å². The number of benzene rings is 6. The summed E-state index contributed by atoms with van der Waals surface area (Å²) in [6.07, 6.45) is 7.34. The maximum atomic E-state index is 4.88. The lowest BCUT2D eigenvalue weighted by molar-refractivity contribution is 1.09. The molecule has 0 atom stereocenters. The van der Waals surface area contributed by atoms with Crippen molar-refractivity contribution in [2.24, 2.45) is 5.10 Å². The van der Waals surface area contributed by atoms with E-state index in [9.17, 15) is 0 Å². The molecule has 0 fully saturated rings. The fourth-order valence-corrected chi connectivity index (χ4v) is 5.99. The third kappa shape index (κ3) is 7.26. The minimum Gasteiger partial charge on any atom is -0.310 e. The maximum Gasteiger partial charge on any atom is 0.0652 e. The summed E-state index contributed by atoms with van der Waals surface area (Å²) in [4.78, 5) is 2.40. The molecule has 0 saturated carbocycles. The van der Waals surface area contributed by atoms with Crippen LogP contribution in [0, 0.1) is 20.8 Å². The Kier molecular flexibility index (Phi) is 9.74. The van der Waals surface area contributed by atoms with Crippen molar-refractivity contribution < 1.29 is 0 Å². The highest BCUT2D eigenvalue weighted by Crippen LogP contribution is 2.39. The van der Waals surface area contributed by atoms with Crippen LogP contribution in [0.4, 0.5) is 28.4 Å². The van der Waals surface area contributed by atoms with Crippen LogP contribution in [0.2, 0.25) is 0 Å². The first-order valence-corrected chi connectivity index (χ1v) is 16.3. The average molecular weight is 612 g/mol. The van der Waals surface area contributed by atoms with Crippen molar-refractivity contribution in [2.45, 2.75) is 34.1 Å². The van der Waals surface area contributed by atoms with E-state index < -0.39 is 0 Å². The van der Waals surface area contributed by atoms with Gasteiger partial charge in [0.25, 0.3) is 0 Å². The number of aryl methyl sites for hydroxylation is 4. The van der Waals surface area contributed by atoms with Crippen molar-refractivity contribution in [3.8, 4) is 0 Å². The number of hydrazone groups is 1. The zero-order chi connectivity index (χ0) is 32.6. The summed E-state index contributed by atoms with van der Waals surface area (Å²) >= 11 is 0. The van der Waals surface area contributed by atoms with Gasteiger partial charge in [0.15, 0.2) is 0 Å². The Morgan fingerprint density at radius 2 is 1.06 bits per heavy atom. The van der Waals surface area contributed by atoms with E-state index in [1.807, 2.05) is 47.6 Å². The van der Waals surface area contributed by atoms with E-state index in [-0.39, 0.29) is 0 Å². The van der Waals surface area contributed by atoms with Gasteiger partial charge in [0, 0.05) is 11.4 Å². The van der Waals surface area contributed by atoms with E-state index in [2.05, 4.69) is 154 Å². The Hall–Kier alpha value is -5.67. The van der Waals surface area contributed by atoms with Crippen LogP contribution in [0.1, 0.15) is 45.9 Å². The maximum absolute atomic E-state index is 4.88. The first-order chi connectivity index (χ1) is 23.0. The lowest BCUT2D eigenvalue weighted by Crippen LogP contribution is -2.13. The standard InChI is InChI=1S/C44H41N3/c1-5-37-17-15-16-33(2)44(37)46(40-18-9-6-10-19-40)43-29-28-39(35(4)31-43)27-26-38-25-24-36(30-34(38)3)32-45-47(41-20-11-7-12-21-41)42-22-13-8-14-23-42/h6-32H,5H2,1-4H3. The molecule has 0 heterocycles. The molecule has 6 aromatic rings. The molecular formula is C44H41N3. The van der Waals surface area contributed by atoms with Crippen LogP contribution in [0.25, 0.3) is 12.2 Å². The highest BCUT2D eigenvalue weighted by molar-refractivity contribution is 5.85. The van der Waals surface area contributed by atoms with Crippen LogP contribution in [0.5, 0.6) is 0 Å². The predicted octanol–water partition coefficient (Wildman–Crippen LogP) is 12.0. The van der Waals surface area contributed by atoms with Gasteiger partial charge in [-0.2, -0.15) is 5.10 Å². The Labute approximate surface area is 279 Å². The first kappa shape index (κ1) is 31.3. The van der Waals surface area contributed by atoms with Crippen LogP contribution in [-0.4, -0.2) is 6.21 Å². The van der Waals surface area contributed by atoms with E-state index in [1.54, 1.807) is 0 Å². The largest absolute Gasteiger partial charge is 0.310 e. The Bertz CT molecular complexity index is 1950. The fourth-order valence-electron chi connectivity index (χ4n) is 5.99. The van der Waals surface area contributed by atoms with Crippen molar-refractivity contribution in [3.05, 3.63) is 185 Å². The predicted molar refractivity (Wildman–Crippen MR) is 203 cm³/mol. The van der Waals surface area contributed by atoms with Crippen LogP contribution < -0.4 is 9.91 Å². The smallest absolute Gasteiger partial charge is 0.0652 e. The lowest BCUT2D eigenvalue weighted by atomic mass is 10.0. The summed E-state index contributed by atoms with van der Waals surface area (Å²) in [7, 11) is 0. The second-order valence-electron chi connectivity index (χ2n) is 11.8. The second-order valence-corrected chi connectivity index (χ2v) is 11.8. The molecule has 0 unspecified atom stereocenters. The quantitative estimate of drug-likeness (QED) is 0.0872. The summed E-state index contributed by atoms with van der Waals surface area (Å²) in [6, 6.07) is 51.0. The molecule has 6 aromatic carbocycles. The van der Waals surface area contributed by atoms with Crippen molar-refractivity contribution in [3.63, 3.8) is 0 Å². The monoisotopic (exact) mass is 611 g/mol. The Morgan fingerprint density at radius 1 is 0.511 bits per heavy atom. The van der Waals surface area contributed by atoms with E-state index in [4.69, 9.17) is 5.10 Å². The highest BCUT2D eigenvalue weighted by atomic mass is 15.5. The molecule has 0 saturated heterocycles. The summed E-state index contributed by atoms with van der Waals surface area (Å²) in [5.41, 5.74) is 14.1. The van der Waals surface area contributed by atoms with Gasteiger partial charge < -0.3 is 4.90 Å². The van der Waals surface area contributed by atoms with Gasteiger partial charge in [0.2, 0.25) is 0 Å². The van der Waals surface area contributed by atoms with Crippen LogP contribution in [-0.2, 0) is 6.42 Å². The van der Waals surface area contributed by atoms with E-state index >= 15 is 0 Å². The molecule has 0 amide bonds. The van der Waals surface area contributed by atoms with E-state index in [0.717, 1.165) is 34.7 Å². The van der Waals surface area contributed by atoms with Crippen molar-refractivity contribution in [1.29, 1.82) is 0 Å². The molecular weight excluding hydrogens is 571 g/mol. The third-order valence-corrected chi connectivity index (χ3v) is 8.51. The van der Waals surface area contributed by atoms with Gasteiger partial charge in [-0.3, -0.25) is 0 Å². The van der Waals surface area contributed by atoms with E-state index in [0.29, 0.717) is 0 Å². The van der Waals surface area contributed by atoms with Gasteiger partial charge in [-0.25, -0.2) is 5.01 Å². The molecule has 232 valence electrons. The SMILES string of the molecule is CCc1cccc(C)c1N(c1ccccc1)c1ccc(C=Cc2ccc(C=NN(c3ccccc3)c3ccccc3)cc2C)c(C)c1. The van der Waals surface area contributed by atoms with Crippen LogP contribution >= 0.6 is 0 Å². The average Bonchev–Trinajstić information content (AvgIpc) is 3.11. The van der Waals surface area contributed by atoms with Gasteiger partial charge in [0.1, 0.15) is 0 Å². The number of anilines is 5. The molecule has 0 radical (unpaired) electrons.